The van der Waals surface area contributed by atoms with Crippen molar-refractivity contribution in [3.05, 3.63) is 36.7 Å². The Balaban J connectivity index is 2.09. The number of fused-ring (bicyclic) bond motifs is 1. The van der Waals surface area contributed by atoms with E-state index in [1.807, 2.05) is 30.5 Å². The molecule has 102 valence electrons. The number of nitrogens with zero attached hydrogens (tertiary/aromatic N) is 3. The number of anilines is 1. The fraction of sp³-hybridized carbons (Fsp3) is 0.143. The lowest BCUT2D eigenvalue weighted by Crippen LogP contribution is -1.94. The second-order valence-corrected chi connectivity index (χ2v) is 4.29. The van der Waals surface area contributed by atoms with Gasteiger partial charge in [-0.1, -0.05) is 0 Å². The number of aromatic nitrogens is 3. The van der Waals surface area contributed by atoms with Gasteiger partial charge in [0.1, 0.15) is 5.82 Å². The van der Waals surface area contributed by atoms with Gasteiger partial charge in [-0.2, -0.15) is 5.10 Å². The maximum Gasteiger partial charge on any atom is 0.256 e. The van der Waals surface area contributed by atoms with Crippen LogP contribution in [-0.4, -0.2) is 28.8 Å². The van der Waals surface area contributed by atoms with Crippen molar-refractivity contribution >= 4 is 11.3 Å². The first kappa shape index (κ1) is 12.3. The number of ether oxygens (including phenoxy) is 2. The van der Waals surface area contributed by atoms with Crippen molar-refractivity contribution in [2.75, 3.05) is 20.0 Å². The monoisotopic (exact) mass is 270 g/mol. The van der Waals surface area contributed by atoms with Gasteiger partial charge < -0.3 is 15.2 Å². The van der Waals surface area contributed by atoms with Crippen LogP contribution in [0.25, 0.3) is 16.6 Å². The first-order chi connectivity index (χ1) is 9.71. The summed E-state index contributed by atoms with van der Waals surface area (Å²) < 4.78 is 12.1. The predicted molar refractivity (Wildman–Crippen MR) is 75.9 cm³/mol. The molecule has 20 heavy (non-hydrogen) atoms. The second-order valence-electron chi connectivity index (χ2n) is 4.29. The van der Waals surface area contributed by atoms with Crippen molar-refractivity contribution in [2.45, 2.75) is 0 Å². The summed E-state index contributed by atoms with van der Waals surface area (Å²) in [6, 6.07) is 7.64. The number of nitrogen functional groups attached to an aromatic ring is 1. The van der Waals surface area contributed by atoms with Crippen LogP contribution in [0.4, 0.5) is 5.82 Å². The quantitative estimate of drug-likeness (QED) is 0.787. The highest BCUT2D eigenvalue weighted by Gasteiger charge is 2.08. The Hall–Kier alpha value is -2.76. The van der Waals surface area contributed by atoms with E-state index in [9.17, 15) is 0 Å². The van der Waals surface area contributed by atoms with E-state index >= 15 is 0 Å². The largest absolute Gasteiger partial charge is 0.491 e. The Morgan fingerprint density at radius 1 is 1.10 bits per heavy atom. The van der Waals surface area contributed by atoms with Gasteiger partial charge in [0.15, 0.2) is 5.75 Å². The number of methoxy groups -OCH3 is 2. The van der Waals surface area contributed by atoms with Crippen LogP contribution in [0.3, 0.4) is 0 Å². The number of hydrogen-bond donors (Lipinski definition) is 1. The standard InChI is InChI=1S/C14H14N4O2/c1-19-12-6-10(8-16-14(12)20-2)9-3-4-18-11(5-9)7-13(15)17-18/h3-8H,1-2H3,(H2,15,17). The zero-order chi connectivity index (χ0) is 14.1. The molecule has 0 aromatic carbocycles. The third-order valence-corrected chi connectivity index (χ3v) is 3.05. The van der Waals surface area contributed by atoms with Crippen LogP contribution in [0.1, 0.15) is 0 Å². The lowest BCUT2D eigenvalue weighted by atomic mass is 10.1. The molecule has 6 nitrogen and oxygen atoms in total. The molecule has 2 N–H and O–H groups in total. The third-order valence-electron chi connectivity index (χ3n) is 3.05. The molecule has 6 heteroatoms. The Labute approximate surface area is 115 Å². The van der Waals surface area contributed by atoms with E-state index in [0.29, 0.717) is 17.4 Å². The lowest BCUT2D eigenvalue weighted by molar-refractivity contribution is 0.343. The fourth-order valence-corrected chi connectivity index (χ4v) is 2.08. The Kier molecular flexibility index (Phi) is 2.90. The van der Waals surface area contributed by atoms with Gasteiger partial charge in [-0.05, 0) is 23.8 Å². The minimum atomic E-state index is 0.464. The summed E-state index contributed by atoms with van der Waals surface area (Å²) in [4.78, 5) is 4.24. The molecule has 3 rings (SSSR count). The van der Waals surface area contributed by atoms with E-state index in [-0.39, 0.29) is 0 Å². The van der Waals surface area contributed by atoms with E-state index in [4.69, 9.17) is 15.2 Å². The normalized spacial score (nSPS) is 10.7. The summed E-state index contributed by atoms with van der Waals surface area (Å²) in [6.07, 6.45) is 3.60. The molecule has 0 fully saturated rings. The number of rotatable bonds is 3. The summed E-state index contributed by atoms with van der Waals surface area (Å²) in [6.45, 7) is 0. The number of pyridine rings is 2. The predicted octanol–water partition coefficient (Wildman–Crippen LogP) is 2.00. The highest BCUT2D eigenvalue weighted by molar-refractivity contribution is 5.71. The minimum absolute atomic E-state index is 0.464. The van der Waals surface area contributed by atoms with E-state index in [1.165, 1.54) is 0 Å². The lowest BCUT2D eigenvalue weighted by Gasteiger charge is -2.08. The number of nitrogens with two attached hydrogens (primary N) is 1. The molecule has 0 atom stereocenters. The van der Waals surface area contributed by atoms with Gasteiger partial charge in [-0.15, -0.1) is 0 Å². The molecule has 0 saturated heterocycles. The van der Waals surface area contributed by atoms with Gasteiger partial charge in [0.2, 0.25) is 0 Å². The van der Waals surface area contributed by atoms with E-state index in [2.05, 4.69) is 10.1 Å². The molecule has 0 amide bonds. The molecule has 3 aromatic heterocycles. The summed E-state index contributed by atoms with van der Waals surface area (Å²) in [5.74, 6) is 1.55. The third kappa shape index (κ3) is 2.01. The summed E-state index contributed by atoms with van der Waals surface area (Å²) in [5, 5.41) is 4.14. The molecule has 0 saturated carbocycles. The van der Waals surface area contributed by atoms with E-state index in [1.54, 1.807) is 24.9 Å². The van der Waals surface area contributed by atoms with Crippen molar-refractivity contribution in [3.63, 3.8) is 0 Å². The van der Waals surface area contributed by atoms with Crippen molar-refractivity contribution in [1.29, 1.82) is 0 Å². The summed E-state index contributed by atoms with van der Waals surface area (Å²) >= 11 is 0. The molecule has 0 radical (unpaired) electrons. The Morgan fingerprint density at radius 2 is 1.95 bits per heavy atom. The summed E-state index contributed by atoms with van der Waals surface area (Å²) in [5.41, 5.74) is 8.55. The van der Waals surface area contributed by atoms with Crippen LogP contribution < -0.4 is 15.2 Å². The van der Waals surface area contributed by atoms with Crippen LogP contribution >= 0.6 is 0 Å². The molecule has 0 aliphatic rings. The van der Waals surface area contributed by atoms with Crippen LogP contribution in [0, 0.1) is 0 Å². The maximum absolute atomic E-state index is 5.68. The highest BCUT2D eigenvalue weighted by Crippen LogP contribution is 2.30. The first-order valence-corrected chi connectivity index (χ1v) is 6.04. The minimum Gasteiger partial charge on any atom is -0.491 e. The molecule has 0 bridgehead atoms. The van der Waals surface area contributed by atoms with Crippen molar-refractivity contribution in [2.24, 2.45) is 0 Å². The smallest absolute Gasteiger partial charge is 0.256 e. The zero-order valence-electron chi connectivity index (χ0n) is 11.2. The van der Waals surface area contributed by atoms with E-state index in [0.717, 1.165) is 16.6 Å². The molecule has 0 aliphatic carbocycles. The summed E-state index contributed by atoms with van der Waals surface area (Å²) in [7, 11) is 3.15. The van der Waals surface area contributed by atoms with E-state index < -0.39 is 0 Å². The molecule has 0 unspecified atom stereocenters. The van der Waals surface area contributed by atoms with Crippen molar-refractivity contribution in [1.82, 2.24) is 14.6 Å². The van der Waals surface area contributed by atoms with Crippen molar-refractivity contribution < 1.29 is 9.47 Å². The highest BCUT2D eigenvalue weighted by atomic mass is 16.5. The van der Waals surface area contributed by atoms with Gasteiger partial charge in [0, 0.05) is 24.0 Å². The first-order valence-electron chi connectivity index (χ1n) is 6.04. The van der Waals surface area contributed by atoms with Gasteiger partial charge in [-0.3, -0.25) is 0 Å². The van der Waals surface area contributed by atoms with Gasteiger partial charge in [-0.25, -0.2) is 9.50 Å². The zero-order valence-corrected chi connectivity index (χ0v) is 11.2. The maximum atomic E-state index is 5.68. The molecule has 0 aliphatic heterocycles. The van der Waals surface area contributed by atoms with Crippen LogP contribution in [0.5, 0.6) is 11.6 Å². The Bertz CT molecular complexity index is 767. The average Bonchev–Trinajstić information content (AvgIpc) is 2.85. The van der Waals surface area contributed by atoms with Gasteiger partial charge >= 0.3 is 0 Å². The van der Waals surface area contributed by atoms with Gasteiger partial charge in [0.25, 0.3) is 5.88 Å². The molecular weight excluding hydrogens is 256 g/mol. The topological polar surface area (TPSA) is 74.7 Å². The fourth-order valence-electron chi connectivity index (χ4n) is 2.08. The van der Waals surface area contributed by atoms with Crippen LogP contribution in [-0.2, 0) is 0 Å². The van der Waals surface area contributed by atoms with Crippen LogP contribution in [0.15, 0.2) is 36.7 Å². The molecule has 3 aromatic rings. The molecular formula is C14H14N4O2. The Morgan fingerprint density at radius 3 is 2.70 bits per heavy atom. The second kappa shape index (κ2) is 4.73. The SMILES string of the molecule is COc1cc(-c2ccn3nc(N)cc3c2)cnc1OC. The van der Waals surface area contributed by atoms with Crippen LogP contribution in [0.2, 0.25) is 0 Å². The van der Waals surface area contributed by atoms with Crippen molar-refractivity contribution in [3.8, 4) is 22.8 Å². The molecule has 0 spiro atoms. The van der Waals surface area contributed by atoms with Gasteiger partial charge in [0.05, 0.1) is 19.7 Å². The molecule has 3 heterocycles. The average molecular weight is 270 g/mol. The number of hydrogen-bond acceptors (Lipinski definition) is 5.